The highest BCUT2D eigenvalue weighted by Crippen LogP contribution is 2.16. The van der Waals surface area contributed by atoms with Crippen LogP contribution in [0, 0.1) is 17.1 Å². The molecule has 7 heteroatoms. The Morgan fingerprint density at radius 3 is 2.67 bits per heavy atom. The minimum absolute atomic E-state index is 0.0157. The first-order chi connectivity index (χ1) is 9.88. The predicted octanol–water partition coefficient (Wildman–Crippen LogP) is 1.69. The zero-order valence-electron chi connectivity index (χ0n) is 12.1. The van der Waals surface area contributed by atoms with Crippen LogP contribution in [-0.4, -0.2) is 37.0 Å². The number of nitriles is 1. The van der Waals surface area contributed by atoms with Crippen LogP contribution in [0.4, 0.5) is 14.9 Å². The lowest BCUT2D eigenvalue weighted by molar-refractivity contribution is -0.121. The van der Waals surface area contributed by atoms with Gasteiger partial charge in [-0.25, -0.2) is 9.18 Å². The molecule has 0 radical (unpaired) electrons. The molecule has 0 heterocycles. The second kappa shape index (κ2) is 7.24. The van der Waals surface area contributed by atoms with Crippen molar-refractivity contribution in [1.29, 1.82) is 5.26 Å². The number of rotatable bonds is 4. The van der Waals surface area contributed by atoms with Gasteiger partial charge in [-0.2, -0.15) is 5.26 Å². The third kappa shape index (κ3) is 4.45. The summed E-state index contributed by atoms with van der Waals surface area (Å²) in [6, 6.07) is 4.71. The van der Waals surface area contributed by atoms with Gasteiger partial charge in [-0.1, -0.05) is 0 Å². The topological polar surface area (TPSA) is 85.2 Å². The van der Waals surface area contributed by atoms with E-state index in [-0.39, 0.29) is 29.6 Å². The fourth-order valence-corrected chi connectivity index (χ4v) is 1.60. The molecule has 1 rings (SSSR count). The molecular formula is C14H17FN4O2. The smallest absolute Gasteiger partial charge is 0.321 e. The second-order valence-electron chi connectivity index (χ2n) is 4.57. The molecule has 6 nitrogen and oxygen atoms in total. The van der Waals surface area contributed by atoms with Crippen LogP contribution in [0.5, 0.6) is 0 Å². The minimum Gasteiger partial charge on any atom is -0.359 e. The summed E-state index contributed by atoms with van der Waals surface area (Å²) in [7, 11) is 3.03. The Kier molecular flexibility index (Phi) is 5.67. The summed E-state index contributed by atoms with van der Waals surface area (Å²) >= 11 is 0. The van der Waals surface area contributed by atoms with Crippen LogP contribution in [0.3, 0.4) is 0 Å². The van der Waals surface area contributed by atoms with E-state index < -0.39 is 11.8 Å². The Morgan fingerprint density at radius 2 is 2.14 bits per heavy atom. The summed E-state index contributed by atoms with van der Waals surface area (Å²) in [5, 5.41) is 13.5. The third-order valence-electron chi connectivity index (χ3n) is 3.08. The number of carbonyl (C=O) groups excluding carboxylic acids is 2. The van der Waals surface area contributed by atoms with Gasteiger partial charge < -0.3 is 15.5 Å². The lowest BCUT2D eigenvalue weighted by Crippen LogP contribution is -2.40. The molecule has 0 spiro atoms. The molecule has 1 atom stereocenters. The highest BCUT2D eigenvalue weighted by molar-refractivity contribution is 5.90. The SMILES string of the molecule is CNC(=O)C[C@H](C)N(C)C(=O)Nc1ccc(C#N)cc1F. The molecule has 21 heavy (non-hydrogen) atoms. The fourth-order valence-electron chi connectivity index (χ4n) is 1.60. The molecule has 3 amide bonds. The van der Waals surface area contributed by atoms with E-state index in [4.69, 9.17) is 5.26 Å². The zero-order chi connectivity index (χ0) is 16.0. The van der Waals surface area contributed by atoms with E-state index in [9.17, 15) is 14.0 Å². The zero-order valence-corrected chi connectivity index (χ0v) is 12.1. The van der Waals surface area contributed by atoms with Crippen LogP contribution in [0.15, 0.2) is 18.2 Å². The minimum atomic E-state index is -0.685. The van der Waals surface area contributed by atoms with Crippen molar-refractivity contribution in [1.82, 2.24) is 10.2 Å². The number of halogens is 1. The van der Waals surface area contributed by atoms with Gasteiger partial charge >= 0.3 is 6.03 Å². The average molecular weight is 292 g/mol. The van der Waals surface area contributed by atoms with Crippen LogP contribution in [0.1, 0.15) is 18.9 Å². The maximum atomic E-state index is 13.7. The first kappa shape index (κ1) is 16.4. The number of carbonyl (C=O) groups is 2. The normalized spacial score (nSPS) is 11.2. The summed E-state index contributed by atoms with van der Waals surface area (Å²) < 4.78 is 13.7. The number of anilines is 1. The van der Waals surface area contributed by atoms with Gasteiger partial charge in [-0.15, -0.1) is 0 Å². The molecule has 0 aliphatic rings. The summed E-state index contributed by atoms with van der Waals surface area (Å²) in [5.74, 6) is -0.874. The molecule has 0 saturated heterocycles. The molecule has 0 bridgehead atoms. The Bertz CT molecular complexity index is 583. The van der Waals surface area contributed by atoms with Crippen LogP contribution in [-0.2, 0) is 4.79 Å². The first-order valence-electron chi connectivity index (χ1n) is 6.33. The highest BCUT2D eigenvalue weighted by atomic mass is 19.1. The van der Waals surface area contributed by atoms with Gasteiger partial charge in [-0.3, -0.25) is 4.79 Å². The van der Waals surface area contributed by atoms with Crippen molar-refractivity contribution in [2.24, 2.45) is 0 Å². The van der Waals surface area contributed by atoms with E-state index in [2.05, 4.69) is 10.6 Å². The Balaban J connectivity index is 2.72. The quantitative estimate of drug-likeness (QED) is 0.885. The molecular weight excluding hydrogens is 275 g/mol. The summed E-state index contributed by atoms with van der Waals surface area (Å²) in [6.07, 6.45) is 0.149. The molecule has 1 aromatic rings. The number of benzene rings is 1. The van der Waals surface area contributed by atoms with E-state index in [0.717, 1.165) is 6.07 Å². The van der Waals surface area contributed by atoms with Gasteiger partial charge in [0, 0.05) is 26.6 Å². The van der Waals surface area contributed by atoms with Crippen LogP contribution >= 0.6 is 0 Å². The molecule has 0 aliphatic carbocycles. The summed E-state index contributed by atoms with van der Waals surface area (Å²) in [5.41, 5.74) is 0.157. The number of amides is 3. The number of nitrogens with zero attached hydrogens (tertiary/aromatic N) is 2. The number of hydrogen-bond acceptors (Lipinski definition) is 3. The molecule has 0 aromatic heterocycles. The molecule has 0 unspecified atom stereocenters. The van der Waals surface area contributed by atoms with Gasteiger partial charge in [0.2, 0.25) is 5.91 Å². The van der Waals surface area contributed by atoms with Crippen LogP contribution in [0.2, 0.25) is 0 Å². The maximum absolute atomic E-state index is 13.7. The molecule has 0 aliphatic heterocycles. The van der Waals surface area contributed by atoms with Crippen LogP contribution in [0.25, 0.3) is 0 Å². The van der Waals surface area contributed by atoms with Gasteiger partial charge in [0.25, 0.3) is 0 Å². The Hall–Kier alpha value is -2.62. The number of urea groups is 1. The molecule has 112 valence electrons. The van der Waals surface area contributed by atoms with Crippen molar-refractivity contribution in [3.63, 3.8) is 0 Å². The number of nitrogens with one attached hydrogen (secondary N) is 2. The van der Waals surface area contributed by atoms with E-state index in [1.54, 1.807) is 6.92 Å². The molecule has 2 N–H and O–H groups in total. The summed E-state index contributed by atoms with van der Waals surface area (Å²) in [4.78, 5) is 24.6. The second-order valence-corrected chi connectivity index (χ2v) is 4.57. The monoisotopic (exact) mass is 292 g/mol. The maximum Gasteiger partial charge on any atom is 0.321 e. The fraction of sp³-hybridized carbons (Fsp3) is 0.357. The molecule has 0 fully saturated rings. The van der Waals surface area contributed by atoms with Crippen molar-refractivity contribution in [2.45, 2.75) is 19.4 Å². The van der Waals surface area contributed by atoms with Crippen molar-refractivity contribution in [2.75, 3.05) is 19.4 Å². The van der Waals surface area contributed by atoms with Crippen molar-refractivity contribution >= 4 is 17.6 Å². The van der Waals surface area contributed by atoms with Crippen molar-refractivity contribution in [3.8, 4) is 6.07 Å². The molecule has 0 saturated carbocycles. The van der Waals surface area contributed by atoms with Crippen LogP contribution < -0.4 is 10.6 Å². The molecule has 1 aromatic carbocycles. The van der Waals surface area contributed by atoms with E-state index >= 15 is 0 Å². The predicted molar refractivity (Wildman–Crippen MR) is 76.0 cm³/mol. The van der Waals surface area contributed by atoms with Gasteiger partial charge in [0.1, 0.15) is 5.82 Å². The Labute approximate surface area is 122 Å². The highest BCUT2D eigenvalue weighted by Gasteiger charge is 2.19. The van der Waals surface area contributed by atoms with E-state index in [1.165, 1.54) is 31.1 Å². The number of hydrogen-bond donors (Lipinski definition) is 2. The van der Waals surface area contributed by atoms with Gasteiger partial charge in [0.05, 0.1) is 17.3 Å². The van der Waals surface area contributed by atoms with E-state index in [1.807, 2.05) is 6.07 Å². The largest absolute Gasteiger partial charge is 0.359 e. The standard InChI is InChI=1S/C14H17FN4O2/c1-9(6-13(20)17-2)19(3)14(21)18-12-5-4-10(8-16)7-11(12)15/h4-5,7,9H,6H2,1-3H3,(H,17,20)(H,18,21)/t9-/m0/s1. The first-order valence-corrected chi connectivity index (χ1v) is 6.33. The van der Waals surface area contributed by atoms with Crippen molar-refractivity contribution in [3.05, 3.63) is 29.6 Å². The lowest BCUT2D eigenvalue weighted by Gasteiger charge is -2.24. The van der Waals surface area contributed by atoms with Gasteiger partial charge in [-0.05, 0) is 25.1 Å². The van der Waals surface area contributed by atoms with Gasteiger partial charge in [0.15, 0.2) is 0 Å². The summed E-state index contributed by atoms with van der Waals surface area (Å²) in [6.45, 7) is 1.71. The van der Waals surface area contributed by atoms with Crippen molar-refractivity contribution < 1.29 is 14.0 Å². The lowest BCUT2D eigenvalue weighted by atomic mass is 10.2. The average Bonchev–Trinajstić information content (AvgIpc) is 2.47. The van der Waals surface area contributed by atoms with E-state index in [0.29, 0.717) is 0 Å². The Morgan fingerprint density at radius 1 is 1.48 bits per heavy atom. The third-order valence-corrected chi connectivity index (χ3v) is 3.08.